The van der Waals surface area contributed by atoms with Gasteiger partial charge in [0.1, 0.15) is 5.54 Å². The lowest BCUT2D eigenvalue weighted by Gasteiger charge is -2.34. The van der Waals surface area contributed by atoms with Crippen molar-refractivity contribution in [2.75, 3.05) is 13.6 Å². The first-order valence-electron chi connectivity index (χ1n) is 6.33. The van der Waals surface area contributed by atoms with Gasteiger partial charge in [-0.15, -0.1) is 0 Å². The highest BCUT2D eigenvalue weighted by Gasteiger charge is 2.47. The number of nitrogens with two attached hydrogens (primary N) is 2. The smallest absolute Gasteiger partial charge is 0.239 e. The number of carbonyl (C=O) groups is 1. The SMILES string of the molecule is CN(CC(N)(C(N)=O)C1CC1)C1CCCC1. The van der Waals surface area contributed by atoms with Crippen molar-refractivity contribution in [1.29, 1.82) is 0 Å². The summed E-state index contributed by atoms with van der Waals surface area (Å²) < 4.78 is 0. The minimum Gasteiger partial charge on any atom is -0.368 e. The van der Waals surface area contributed by atoms with E-state index in [1.165, 1.54) is 25.7 Å². The van der Waals surface area contributed by atoms with Gasteiger partial charge in [0.05, 0.1) is 0 Å². The summed E-state index contributed by atoms with van der Waals surface area (Å²) in [6.45, 7) is 0.623. The molecule has 4 nitrogen and oxygen atoms in total. The molecule has 0 aromatic rings. The molecular formula is C12H23N3O. The Hall–Kier alpha value is -0.610. The van der Waals surface area contributed by atoms with E-state index in [0.29, 0.717) is 18.5 Å². The molecule has 2 aliphatic rings. The molecule has 2 aliphatic carbocycles. The summed E-state index contributed by atoms with van der Waals surface area (Å²) >= 11 is 0. The van der Waals surface area contributed by atoms with Gasteiger partial charge in [-0.1, -0.05) is 12.8 Å². The summed E-state index contributed by atoms with van der Waals surface area (Å²) in [4.78, 5) is 13.8. The highest BCUT2D eigenvalue weighted by molar-refractivity contribution is 5.85. The molecule has 2 saturated carbocycles. The minimum absolute atomic E-state index is 0.314. The molecule has 0 aliphatic heterocycles. The molecule has 16 heavy (non-hydrogen) atoms. The van der Waals surface area contributed by atoms with E-state index < -0.39 is 5.54 Å². The normalized spacial score (nSPS) is 25.9. The average Bonchev–Trinajstić information content (AvgIpc) is 2.94. The van der Waals surface area contributed by atoms with E-state index >= 15 is 0 Å². The molecule has 0 saturated heterocycles. The second kappa shape index (κ2) is 4.34. The third kappa shape index (κ3) is 2.23. The van der Waals surface area contributed by atoms with Gasteiger partial charge in [-0.25, -0.2) is 0 Å². The Bertz CT molecular complexity index is 271. The van der Waals surface area contributed by atoms with Crippen LogP contribution in [0.25, 0.3) is 0 Å². The van der Waals surface area contributed by atoms with Gasteiger partial charge in [-0.05, 0) is 38.6 Å². The Balaban J connectivity index is 1.97. The number of likely N-dealkylation sites (N-methyl/N-ethyl adjacent to an activating group) is 1. The van der Waals surface area contributed by atoms with Crippen LogP contribution in [0.2, 0.25) is 0 Å². The highest BCUT2D eigenvalue weighted by atomic mass is 16.1. The molecule has 1 unspecified atom stereocenters. The molecule has 0 bridgehead atoms. The van der Waals surface area contributed by atoms with Gasteiger partial charge in [0.15, 0.2) is 0 Å². The maximum atomic E-state index is 11.5. The van der Waals surface area contributed by atoms with Crippen LogP contribution in [0.4, 0.5) is 0 Å². The number of rotatable bonds is 5. The monoisotopic (exact) mass is 225 g/mol. The second-order valence-electron chi connectivity index (χ2n) is 5.53. The first kappa shape index (κ1) is 11.9. The van der Waals surface area contributed by atoms with Crippen LogP contribution in [0.3, 0.4) is 0 Å². The quantitative estimate of drug-likeness (QED) is 0.713. The van der Waals surface area contributed by atoms with E-state index in [0.717, 1.165) is 12.8 Å². The van der Waals surface area contributed by atoms with Crippen LogP contribution in [-0.2, 0) is 4.79 Å². The standard InChI is InChI=1S/C12H23N3O/c1-15(10-4-2-3-5-10)8-12(14,11(13)16)9-6-7-9/h9-10H,2-8,14H2,1H3,(H2,13,16). The Kier molecular flexibility index (Phi) is 3.22. The predicted octanol–water partition coefficient (Wildman–Crippen LogP) is 0.454. The van der Waals surface area contributed by atoms with Gasteiger partial charge in [-0.3, -0.25) is 4.79 Å². The third-order valence-corrected chi connectivity index (χ3v) is 4.22. The van der Waals surface area contributed by atoms with Crippen LogP contribution in [0.1, 0.15) is 38.5 Å². The highest BCUT2D eigenvalue weighted by Crippen LogP contribution is 2.39. The van der Waals surface area contributed by atoms with Crippen LogP contribution in [-0.4, -0.2) is 36.0 Å². The van der Waals surface area contributed by atoms with E-state index in [-0.39, 0.29) is 5.91 Å². The Morgan fingerprint density at radius 3 is 2.31 bits per heavy atom. The van der Waals surface area contributed by atoms with E-state index in [2.05, 4.69) is 11.9 Å². The fraction of sp³-hybridized carbons (Fsp3) is 0.917. The number of amides is 1. The summed E-state index contributed by atoms with van der Waals surface area (Å²) in [7, 11) is 2.07. The summed E-state index contributed by atoms with van der Waals surface area (Å²) in [6.07, 6.45) is 7.17. The molecule has 0 spiro atoms. The molecule has 4 N–H and O–H groups in total. The number of hydrogen-bond acceptors (Lipinski definition) is 3. The third-order valence-electron chi connectivity index (χ3n) is 4.22. The molecule has 2 rings (SSSR count). The zero-order valence-electron chi connectivity index (χ0n) is 10.1. The molecule has 1 amide bonds. The topological polar surface area (TPSA) is 72.3 Å². The van der Waals surface area contributed by atoms with Crippen molar-refractivity contribution < 1.29 is 4.79 Å². The van der Waals surface area contributed by atoms with Gasteiger partial charge in [0, 0.05) is 12.6 Å². The minimum atomic E-state index is -0.794. The molecule has 0 heterocycles. The maximum absolute atomic E-state index is 11.5. The van der Waals surface area contributed by atoms with E-state index in [1.54, 1.807) is 0 Å². The number of nitrogens with zero attached hydrogens (tertiary/aromatic N) is 1. The maximum Gasteiger partial charge on any atom is 0.239 e. The molecule has 0 aromatic carbocycles. The molecule has 1 atom stereocenters. The zero-order valence-corrected chi connectivity index (χ0v) is 10.1. The fourth-order valence-corrected chi connectivity index (χ4v) is 2.89. The average molecular weight is 225 g/mol. The van der Waals surface area contributed by atoms with Crippen molar-refractivity contribution in [3.8, 4) is 0 Å². The van der Waals surface area contributed by atoms with E-state index in [1.807, 2.05) is 0 Å². The molecule has 4 heteroatoms. The van der Waals surface area contributed by atoms with Gasteiger partial charge >= 0.3 is 0 Å². The second-order valence-corrected chi connectivity index (χ2v) is 5.53. The Morgan fingerprint density at radius 1 is 1.31 bits per heavy atom. The van der Waals surface area contributed by atoms with Gasteiger partial charge in [0.25, 0.3) is 0 Å². The lowest BCUT2D eigenvalue weighted by atomic mass is 9.92. The number of primary amides is 1. The van der Waals surface area contributed by atoms with Crippen LogP contribution in [0, 0.1) is 5.92 Å². The Labute approximate surface area is 97.3 Å². The zero-order chi connectivity index (χ0) is 11.8. The van der Waals surface area contributed by atoms with Gasteiger partial charge in [-0.2, -0.15) is 0 Å². The van der Waals surface area contributed by atoms with Gasteiger partial charge in [0.2, 0.25) is 5.91 Å². The van der Waals surface area contributed by atoms with Crippen molar-refractivity contribution in [1.82, 2.24) is 4.90 Å². The van der Waals surface area contributed by atoms with E-state index in [4.69, 9.17) is 11.5 Å². The largest absolute Gasteiger partial charge is 0.368 e. The van der Waals surface area contributed by atoms with Gasteiger partial charge < -0.3 is 16.4 Å². The van der Waals surface area contributed by atoms with Crippen molar-refractivity contribution in [2.45, 2.75) is 50.1 Å². The lowest BCUT2D eigenvalue weighted by molar-refractivity contribution is -0.124. The molecular weight excluding hydrogens is 202 g/mol. The van der Waals surface area contributed by atoms with Crippen molar-refractivity contribution in [3.05, 3.63) is 0 Å². The van der Waals surface area contributed by atoms with Crippen molar-refractivity contribution >= 4 is 5.91 Å². The van der Waals surface area contributed by atoms with Crippen molar-refractivity contribution in [2.24, 2.45) is 17.4 Å². The number of hydrogen-bond donors (Lipinski definition) is 2. The first-order valence-corrected chi connectivity index (χ1v) is 6.33. The van der Waals surface area contributed by atoms with Crippen LogP contribution in [0.15, 0.2) is 0 Å². The summed E-state index contributed by atoms with van der Waals surface area (Å²) in [6, 6.07) is 0.598. The molecule has 0 aromatic heterocycles. The summed E-state index contributed by atoms with van der Waals surface area (Å²) in [5, 5.41) is 0. The lowest BCUT2D eigenvalue weighted by Crippen LogP contribution is -2.61. The predicted molar refractivity (Wildman–Crippen MR) is 63.7 cm³/mol. The summed E-state index contributed by atoms with van der Waals surface area (Å²) in [5.74, 6) is -0.0197. The van der Waals surface area contributed by atoms with Crippen LogP contribution >= 0.6 is 0 Å². The summed E-state index contributed by atoms with van der Waals surface area (Å²) in [5.41, 5.74) is 10.9. The van der Waals surface area contributed by atoms with Crippen LogP contribution < -0.4 is 11.5 Å². The molecule has 0 radical (unpaired) electrons. The first-order chi connectivity index (χ1) is 7.54. The number of carbonyl (C=O) groups excluding carboxylic acids is 1. The molecule has 2 fully saturated rings. The Morgan fingerprint density at radius 2 is 1.88 bits per heavy atom. The van der Waals surface area contributed by atoms with E-state index in [9.17, 15) is 4.79 Å². The fourth-order valence-electron chi connectivity index (χ4n) is 2.89. The van der Waals surface area contributed by atoms with Crippen molar-refractivity contribution in [3.63, 3.8) is 0 Å². The molecule has 92 valence electrons. The van der Waals surface area contributed by atoms with Crippen LogP contribution in [0.5, 0.6) is 0 Å².